The molecule has 1 aliphatic carbocycles. The lowest BCUT2D eigenvalue weighted by Gasteiger charge is -2.17. The average molecular weight is 250 g/mol. The van der Waals surface area contributed by atoms with Crippen LogP contribution in [-0.4, -0.2) is 11.1 Å². The lowest BCUT2D eigenvalue weighted by Crippen LogP contribution is -2.24. The van der Waals surface area contributed by atoms with Crippen LogP contribution in [0.25, 0.3) is 0 Å². The first kappa shape index (κ1) is 12.8. The molecule has 2 N–H and O–H groups in total. The van der Waals surface area contributed by atoms with Crippen LogP contribution in [-0.2, 0) is 11.3 Å². The summed E-state index contributed by atoms with van der Waals surface area (Å²) in [6, 6.07) is 0. The number of aryl methyl sites for hydroxylation is 1. The van der Waals surface area contributed by atoms with E-state index in [-0.39, 0.29) is 5.91 Å². The fourth-order valence-corrected chi connectivity index (χ4v) is 2.22. The molecule has 1 aromatic rings. The fourth-order valence-electron chi connectivity index (χ4n) is 2.22. The van der Waals surface area contributed by atoms with Crippen molar-refractivity contribution in [3.8, 4) is 0 Å². The van der Waals surface area contributed by atoms with Gasteiger partial charge >= 0.3 is 11.7 Å². The summed E-state index contributed by atoms with van der Waals surface area (Å²) in [6.07, 6.45) is 9.98. The number of H-pyrrole nitrogens is 1. The zero-order valence-electron chi connectivity index (χ0n) is 10.7. The molecule has 0 unspecified atom stereocenters. The van der Waals surface area contributed by atoms with Crippen LogP contribution in [0.5, 0.6) is 0 Å². The zero-order chi connectivity index (χ0) is 12.8. The maximum atomic E-state index is 11.6. The van der Waals surface area contributed by atoms with Gasteiger partial charge in [0.25, 0.3) is 0 Å². The molecule has 0 atom stereocenters. The third-order valence-electron chi connectivity index (χ3n) is 3.21. The molecule has 0 aromatic carbocycles. The Balaban J connectivity index is 1.72. The van der Waals surface area contributed by atoms with Crippen LogP contribution in [0.4, 0.5) is 0 Å². The number of rotatable bonds is 4. The molecule has 1 fully saturated rings. The summed E-state index contributed by atoms with van der Waals surface area (Å²) in [4.78, 5) is 14.5. The van der Waals surface area contributed by atoms with Crippen molar-refractivity contribution in [3.05, 3.63) is 23.9 Å². The standard InChI is InChI=1S/C13H19N3O2/c1-10-15-13(18-16-10)9-14-12(17)8-7-11-5-3-2-4-6-11/h7-8,11H,2-6,9H2,1H3,(H,14,17)/p+1/b8-7-. The van der Waals surface area contributed by atoms with Gasteiger partial charge in [0.15, 0.2) is 5.16 Å². The largest absolute Gasteiger partial charge is 0.343 e. The van der Waals surface area contributed by atoms with E-state index in [2.05, 4.69) is 15.5 Å². The summed E-state index contributed by atoms with van der Waals surface area (Å²) in [6.45, 7) is 2.15. The molecule has 1 heterocycles. The van der Waals surface area contributed by atoms with Gasteiger partial charge in [-0.15, -0.1) is 0 Å². The average Bonchev–Trinajstić information content (AvgIpc) is 2.81. The maximum absolute atomic E-state index is 11.6. The first-order valence-corrected chi connectivity index (χ1v) is 6.54. The molecule has 5 heteroatoms. The number of aromatic amines is 1. The Morgan fingerprint density at radius 3 is 2.94 bits per heavy atom. The summed E-state index contributed by atoms with van der Waals surface area (Å²) in [5, 5.41) is 6.48. The molecule has 0 radical (unpaired) electrons. The van der Waals surface area contributed by atoms with Crippen molar-refractivity contribution in [1.82, 2.24) is 10.5 Å². The smallest absolute Gasteiger partial charge is 0.341 e. The Morgan fingerprint density at radius 2 is 2.28 bits per heavy atom. The van der Waals surface area contributed by atoms with Gasteiger partial charge in [-0.2, -0.15) is 0 Å². The molecule has 0 aliphatic heterocycles. The predicted octanol–water partition coefficient (Wildman–Crippen LogP) is 1.55. The fraction of sp³-hybridized carbons (Fsp3) is 0.615. The predicted molar refractivity (Wildman–Crippen MR) is 65.4 cm³/mol. The highest BCUT2D eigenvalue weighted by atomic mass is 16.5. The Morgan fingerprint density at radius 1 is 1.50 bits per heavy atom. The highest BCUT2D eigenvalue weighted by Gasteiger charge is 2.12. The van der Waals surface area contributed by atoms with Crippen molar-refractivity contribution in [2.75, 3.05) is 0 Å². The Bertz CT molecular complexity index is 420. The molecule has 1 aliphatic rings. The number of nitrogens with one attached hydrogen (secondary N) is 2. The molecule has 98 valence electrons. The lowest BCUT2D eigenvalue weighted by atomic mass is 9.89. The van der Waals surface area contributed by atoms with Gasteiger partial charge in [0.1, 0.15) is 6.54 Å². The molecule has 1 aromatic heterocycles. The van der Waals surface area contributed by atoms with E-state index in [1.165, 1.54) is 32.1 Å². The van der Waals surface area contributed by atoms with Crippen LogP contribution in [0.15, 0.2) is 16.7 Å². The molecule has 1 amide bonds. The van der Waals surface area contributed by atoms with Crippen LogP contribution in [0.1, 0.15) is 43.8 Å². The molecule has 1 saturated carbocycles. The molecule has 0 bridgehead atoms. The molecule has 5 nitrogen and oxygen atoms in total. The summed E-state index contributed by atoms with van der Waals surface area (Å²) in [5.74, 6) is 1.76. The number of carbonyl (C=O) groups is 1. The number of allylic oxidation sites excluding steroid dienone is 1. The van der Waals surface area contributed by atoms with Gasteiger partial charge in [0.05, 0.1) is 0 Å². The second-order valence-electron chi connectivity index (χ2n) is 4.79. The van der Waals surface area contributed by atoms with Gasteiger partial charge in [-0.1, -0.05) is 25.3 Å². The topological polar surface area (TPSA) is 69.3 Å². The van der Waals surface area contributed by atoms with E-state index >= 15 is 0 Å². The summed E-state index contributed by atoms with van der Waals surface area (Å²) < 4.78 is 4.96. The van der Waals surface area contributed by atoms with Crippen molar-refractivity contribution < 1.29 is 14.3 Å². The highest BCUT2D eigenvalue weighted by Crippen LogP contribution is 2.24. The number of aromatic nitrogens is 2. The van der Waals surface area contributed by atoms with E-state index in [4.69, 9.17) is 4.52 Å². The number of amides is 1. The van der Waals surface area contributed by atoms with Crippen molar-refractivity contribution in [3.63, 3.8) is 0 Å². The summed E-state index contributed by atoms with van der Waals surface area (Å²) in [7, 11) is 0. The van der Waals surface area contributed by atoms with E-state index in [1.807, 2.05) is 6.08 Å². The Hall–Kier alpha value is -1.65. The minimum Gasteiger partial charge on any atom is -0.341 e. The van der Waals surface area contributed by atoms with Crippen molar-refractivity contribution in [2.24, 2.45) is 5.92 Å². The second kappa shape index (κ2) is 6.33. The molecule has 2 rings (SSSR count). The first-order valence-electron chi connectivity index (χ1n) is 6.54. The quantitative estimate of drug-likeness (QED) is 0.824. The second-order valence-corrected chi connectivity index (χ2v) is 4.79. The summed E-state index contributed by atoms with van der Waals surface area (Å²) in [5.41, 5.74) is 0. The van der Waals surface area contributed by atoms with E-state index in [1.54, 1.807) is 13.0 Å². The molecular weight excluding hydrogens is 230 g/mol. The van der Waals surface area contributed by atoms with Crippen molar-refractivity contribution >= 4 is 5.91 Å². The Kier molecular flexibility index (Phi) is 4.50. The third-order valence-corrected chi connectivity index (χ3v) is 3.21. The lowest BCUT2D eigenvalue weighted by molar-refractivity contribution is -0.406. The van der Waals surface area contributed by atoms with Gasteiger partial charge in [-0.3, -0.25) is 4.79 Å². The minimum absolute atomic E-state index is 0.0805. The van der Waals surface area contributed by atoms with Gasteiger partial charge in [0, 0.05) is 6.92 Å². The number of carbonyl (C=O) groups excluding carboxylic acids is 1. The SMILES string of the molecule is Cc1noc(CNC(=O)/C=C\C2CCCCC2)[nH+]1. The first-order chi connectivity index (χ1) is 8.74. The molecule has 0 saturated heterocycles. The van der Waals surface area contributed by atoms with Gasteiger partial charge < -0.3 is 5.32 Å². The molecule has 0 spiro atoms. The summed E-state index contributed by atoms with van der Waals surface area (Å²) >= 11 is 0. The van der Waals surface area contributed by atoms with E-state index in [0.717, 1.165) is 0 Å². The van der Waals surface area contributed by atoms with E-state index in [9.17, 15) is 4.79 Å². The van der Waals surface area contributed by atoms with Gasteiger partial charge in [-0.25, -0.2) is 9.51 Å². The number of hydrogen-bond acceptors (Lipinski definition) is 3. The molecule has 18 heavy (non-hydrogen) atoms. The van der Waals surface area contributed by atoms with Crippen LogP contribution in [0, 0.1) is 12.8 Å². The van der Waals surface area contributed by atoms with Crippen molar-refractivity contribution in [1.29, 1.82) is 0 Å². The zero-order valence-corrected chi connectivity index (χ0v) is 10.7. The van der Waals surface area contributed by atoms with Gasteiger partial charge in [0.2, 0.25) is 5.91 Å². The van der Waals surface area contributed by atoms with Crippen LogP contribution in [0.2, 0.25) is 0 Å². The normalized spacial score (nSPS) is 17.2. The van der Waals surface area contributed by atoms with Gasteiger partial charge in [-0.05, 0) is 24.8 Å². The van der Waals surface area contributed by atoms with E-state index < -0.39 is 0 Å². The molecular formula is C13H20N3O2+. The number of hydrogen-bond donors (Lipinski definition) is 1. The van der Waals surface area contributed by atoms with Crippen LogP contribution in [0.3, 0.4) is 0 Å². The maximum Gasteiger partial charge on any atom is 0.343 e. The van der Waals surface area contributed by atoms with E-state index in [0.29, 0.717) is 24.2 Å². The minimum atomic E-state index is -0.0805. The monoisotopic (exact) mass is 250 g/mol. The third kappa shape index (κ3) is 3.98. The Labute approximate surface area is 107 Å². The van der Waals surface area contributed by atoms with Crippen molar-refractivity contribution in [2.45, 2.75) is 45.6 Å². The van der Waals surface area contributed by atoms with Crippen LogP contribution >= 0.6 is 0 Å². The highest BCUT2D eigenvalue weighted by molar-refractivity contribution is 5.87. The van der Waals surface area contributed by atoms with Crippen LogP contribution < -0.4 is 10.3 Å². The number of nitrogens with zero attached hydrogens (tertiary/aromatic N) is 1.